The second-order valence-electron chi connectivity index (χ2n) is 5.96. The molecule has 1 N–H and O–H groups in total. The number of fused-ring (bicyclic) bond motifs is 1. The lowest BCUT2D eigenvalue weighted by Gasteiger charge is -2.16. The van der Waals surface area contributed by atoms with Crippen LogP contribution in [0.1, 0.15) is 47.8 Å². The summed E-state index contributed by atoms with van der Waals surface area (Å²) >= 11 is 1.47. The number of aromatic nitrogens is 2. The van der Waals surface area contributed by atoms with Crippen molar-refractivity contribution < 1.29 is 4.79 Å². The van der Waals surface area contributed by atoms with Crippen molar-refractivity contribution in [2.24, 2.45) is 0 Å². The molecule has 1 aliphatic carbocycles. The van der Waals surface area contributed by atoms with Crippen molar-refractivity contribution >= 4 is 33.3 Å². The fourth-order valence-electron chi connectivity index (χ4n) is 2.48. The highest BCUT2D eigenvalue weighted by molar-refractivity contribution is 7.20. The van der Waals surface area contributed by atoms with Crippen molar-refractivity contribution in [3.63, 3.8) is 0 Å². The topological polar surface area (TPSA) is 58.1 Å². The summed E-state index contributed by atoms with van der Waals surface area (Å²) < 4.78 is 0. The second kappa shape index (κ2) is 6.20. The maximum absolute atomic E-state index is 12.7. The molecule has 0 radical (unpaired) electrons. The summed E-state index contributed by atoms with van der Waals surface area (Å²) in [6, 6.07) is 0.531. The second-order valence-corrected chi connectivity index (χ2v) is 6.96. The minimum absolute atomic E-state index is 0.0892. The summed E-state index contributed by atoms with van der Waals surface area (Å²) in [5, 5.41) is 4.45. The Labute approximate surface area is 134 Å². The largest absolute Gasteiger partial charge is 0.367 e. The Hall–Kier alpha value is -1.69. The average molecular weight is 318 g/mol. The first-order valence-electron chi connectivity index (χ1n) is 7.88. The van der Waals surface area contributed by atoms with E-state index in [0.29, 0.717) is 6.04 Å². The summed E-state index contributed by atoms with van der Waals surface area (Å²) in [6.45, 7) is 4.93. The predicted molar refractivity (Wildman–Crippen MR) is 90.7 cm³/mol. The molecule has 118 valence electrons. The molecule has 1 aliphatic rings. The van der Waals surface area contributed by atoms with Gasteiger partial charge in [0.15, 0.2) is 0 Å². The van der Waals surface area contributed by atoms with Crippen LogP contribution < -0.4 is 5.32 Å². The zero-order valence-corrected chi connectivity index (χ0v) is 14.2. The van der Waals surface area contributed by atoms with Crippen LogP contribution in [0.25, 0.3) is 10.2 Å². The summed E-state index contributed by atoms with van der Waals surface area (Å²) in [5.74, 6) is 0.961. The Morgan fingerprint density at radius 3 is 2.91 bits per heavy atom. The molecule has 1 fully saturated rings. The number of carbonyl (C=O) groups is 1. The number of carbonyl (C=O) groups excluding carboxylic acids is 1. The molecular formula is C16H22N4OS. The number of hydrogen-bond acceptors (Lipinski definition) is 5. The van der Waals surface area contributed by atoms with Crippen molar-refractivity contribution in [3.05, 3.63) is 16.8 Å². The van der Waals surface area contributed by atoms with Gasteiger partial charge in [-0.05, 0) is 31.7 Å². The van der Waals surface area contributed by atoms with Crippen molar-refractivity contribution in [2.75, 3.05) is 18.9 Å². The van der Waals surface area contributed by atoms with Crippen molar-refractivity contribution in [1.82, 2.24) is 14.9 Å². The van der Waals surface area contributed by atoms with E-state index in [-0.39, 0.29) is 5.91 Å². The first-order chi connectivity index (χ1) is 10.6. The molecule has 2 heterocycles. The van der Waals surface area contributed by atoms with E-state index in [1.807, 2.05) is 18.9 Å². The quantitative estimate of drug-likeness (QED) is 0.886. The molecule has 0 saturated heterocycles. The van der Waals surface area contributed by atoms with Crippen LogP contribution in [0.3, 0.4) is 0 Å². The lowest BCUT2D eigenvalue weighted by atomic mass is 10.2. The number of anilines is 1. The summed E-state index contributed by atoms with van der Waals surface area (Å²) in [5.41, 5.74) is 0.997. The molecule has 0 aliphatic heterocycles. The van der Waals surface area contributed by atoms with Gasteiger partial charge in [0.05, 0.1) is 10.3 Å². The van der Waals surface area contributed by atoms with Gasteiger partial charge in [-0.15, -0.1) is 11.3 Å². The van der Waals surface area contributed by atoms with E-state index >= 15 is 0 Å². The zero-order chi connectivity index (χ0) is 15.7. The molecule has 22 heavy (non-hydrogen) atoms. The van der Waals surface area contributed by atoms with Crippen LogP contribution in [-0.4, -0.2) is 40.4 Å². The van der Waals surface area contributed by atoms with Crippen LogP contribution in [0.15, 0.2) is 6.33 Å². The third-order valence-corrected chi connectivity index (χ3v) is 5.22. The van der Waals surface area contributed by atoms with Gasteiger partial charge in [-0.3, -0.25) is 4.79 Å². The van der Waals surface area contributed by atoms with Crippen LogP contribution >= 0.6 is 11.3 Å². The molecule has 5 nitrogen and oxygen atoms in total. The molecular weight excluding hydrogens is 296 g/mol. The number of aryl methyl sites for hydroxylation is 1. The number of nitrogens with one attached hydrogen (secondary N) is 1. The third-order valence-electron chi connectivity index (χ3n) is 4.03. The number of rotatable bonds is 6. The van der Waals surface area contributed by atoms with Crippen LogP contribution in [0.2, 0.25) is 0 Å². The smallest absolute Gasteiger partial charge is 0.264 e. The lowest BCUT2D eigenvalue weighted by molar-refractivity contribution is 0.0797. The van der Waals surface area contributed by atoms with E-state index in [1.165, 1.54) is 24.2 Å². The molecule has 1 amide bonds. The molecule has 1 saturated carbocycles. The van der Waals surface area contributed by atoms with Crippen molar-refractivity contribution in [3.8, 4) is 0 Å². The predicted octanol–water partition coefficient (Wildman–Crippen LogP) is 3.45. The first kappa shape index (κ1) is 15.2. The minimum atomic E-state index is 0.0892. The van der Waals surface area contributed by atoms with Gasteiger partial charge in [0.25, 0.3) is 5.91 Å². The zero-order valence-electron chi connectivity index (χ0n) is 13.3. The van der Waals surface area contributed by atoms with Gasteiger partial charge < -0.3 is 10.2 Å². The Bertz CT molecular complexity index is 693. The van der Waals surface area contributed by atoms with E-state index < -0.39 is 0 Å². The van der Waals surface area contributed by atoms with E-state index in [4.69, 9.17) is 0 Å². The first-order valence-corrected chi connectivity index (χ1v) is 8.69. The fourth-order valence-corrected chi connectivity index (χ4v) is 3.62. The van der Waals surface area contributed by atoms with Gasteiger partial charge >= 0.3 is 0 Å². The molecule has 6 heteroatoms. The number of hydrogen-bond donors (Lipinski definition) is 1. The average Bonchev–Trinajstić information content (AvgIpc) is 3.26. The van der Waals surface area contributed by atoms with E-state index in [2.05, 4.69) is 22.2 Å². The van der Waals surface area contributed by atoms with E-state index in [1.54, 1.807) is 6.33 Å². The van der Waals surface area contributed by atoms with E-state index in [0.717, 1.165) is 45.9 Å². The standard InChI is InChI=1S/C16H22N4OS/c1-4-5-8-20(3)16(21)13-10(2)12-14(19-11-6-7-11)17-9-18-15(12)22-13/h9,11H,4-8H2,1-3H3,(H,17,18,19). The Morgan fingerprint density at radius 2 is 2.23 bits per heavy atom. The number of thiophene rings is 1. The van der Waals surface area contributed by atoms with Gasteiger partial charge in [0.1, 0.15) is 17.0 Å². The number of unbranched alkanes of at least 4 members (excludes halogenated alkanes) is 1. The highest BCUT2D eigenvalue weighted by Crippen LogP contribution is 2.35. The van der Waals surface area contributed by atoms with Crippen molar-refractivity contribution in [1.29, 1.82) is 0 Å². The Balaban J connectivity index is 1.93. The van der Waals surface area contributed by atoms with Gasteiger partial charge in [0, 0.05) is 19.6 Å². The van der Waals surface area contributed by atoms with Crippen LogP contribution in [0.5, 0.6) is 0 Å². The molecule has 2 aromatic heterocycles. The fraction of sp³-hybridized carbons (Fsp3) is 0.562. The maximum atomic E-state index is 12.7. The van der Waals surface area contributed by atoms with Crippen molar-refractivity contribution in [2.45, 2.75) is 45.6 Å². The maximum Gasteiger partial charge on any atom is 0.264 e. The minimum Gasteiger partial charge on any atom is -0.367 e. The molecule has 0 unspecified atom stereocenters. The molecule has 0 bridgehead atoms. The van der Waals surface area contributed by atoms with Crippen LogP contribution in [-0.2, 0) is 0 Å². The summed E-state index contributed by atoms with van der Waals surface area (Å²) in [6.07, 6.45) is 6.09. The van der Waals surface area contributed by atoms with Crippen LogP contribution in [0, 0.1) is 6.92 Å². The van der Waals surface area contributed by atoms with Gasteiger partial charge in [0.2, 0.25) is 0 Å². The third kappa shape index (κ3) is 2.92. The summed E-state index contributed by atoms with van der Waals surface area (Å²) in [7, 11) is 1.87. The molecule has 0 spiro atoms. The molecule has 2 aromatic rings. The SMILES string of the molecule is CCCCN(C)C(=O)c1sc2ncnc(NC3CC3)c2c1C. The highest BCUT2D eigenvalue weighted by Gasteiger charge is 2.25. The lowest BCUT2D eigenvalue weighted by Crippen LogP contribution is -2.27. The van der Waals surface area contributed by atoms with Gasteiger partial charge in [-0.1, -0.05) is 13.3 Å². The molecule has 0 aromatic carbocycles. The van der Waals surface area contributed by atoms with Crippen LogP contribution in [0.4, 0.5) is 5.82 Å². The highest BCUT2D eigenvalue weighted by atomic mass is 32.1. The molecule has 3 rings (SSSR count). The monoisotopic (exact) mass is 318 g/mol. The van der Waals surface area contributed by atoms with Gasteiger partial charge in [-0.2, -0.15) is 0 Å². The number of amides is 1. The number of nitrogens with zero attached hydrogens (tertiary/aromatic N) is 3. The van der Waals surface area contributed by atoms with Gasteiger partial charge in [-0.25, -0.2) is 9.97 Å². The molecule has 0 atom stereocenters. The Morgan fingerprint density at radius 1 is 1.45 bits per heavy atom. The normalized spacial score (nSPS) is 14.3. The summed E-state index contributed by atoms with van der Waals surface area (Å²) in [4.78, 5) is 24.9. The van der Waals surface area contributed by atoms with E-state index in [9.17, 15) is 4.79 Å². The Kier molecular flexibility index (Phi) is 4.29.